The summed E-state index contributed by atoms with van der Waals surface area (Å²) in [6.45, 7) is 11.7. The first kappa shape index (κ1) is 23.0. The quantitative estimate of drug-likeness (QED) is 0.166. The molecule has 1 heterocycles. The highest BCUT2D eigenvalue weighted by atomic mass is 35.5. The Morgan fingerprint density at radius 3 is 2.52 bits per heavy atom. The third kappa shape index (κ3) is 7.55. The fourth-order valence-corrected chi connectivity index (χ4v) is 3.60. The van der Waals surface area contributed by atoms with Gasteiger partial charge in [-0.15, -0.1) is 13.2 Å². The number of rotatable bonds is 12. The highest BCUT2D eigenvalue weighted by molar-refractivity contribution is 7.98. The zero-order valence-electron chi connectivity index (χ0n) is 16.7. The van der Waals surface area contributed by atoms with Gasteiger partial charge < -0.3 is 10.2 Å². The van der Waals surface area contributed by atoms with Gasteiger partial charge in [0, 0.05) is 37.0 Å². The molecule has 154 valence electrons. The number of hydrogen-bond donors (Lipinski definition) is 1. The van der Waals surface area contributed by atoms with Gasteiger partial charge in [-0.2, -0.15) is 0 Å². The summed E-state index contributed by atoms with van der Waals surface area (Å²) in [4.78, 5) is 23.0. The molecule has 5 nitrogen and oxygen atoms in total. The second kappa shape index (κ2) is 12.3. The Balaban J connectivity index is 2.01. The lowest BCUT2D eigenvalue weighted by Gasteiger charge is -2.20. The molecule has 7 heteroatoms. The van der Waals surface area contributed by atoms with E-state index in [1.54, 1.807) is 6.07 Å². The fourth-order valence-electron chi connectivity index (χ4n) is 2.57. The molecule has 0 aliphatic heterocycles. The molecule has 1 aromatic carbocycles. The van der Waals surface area contributed by atoms with E-state index in [4.69, 9.17) is 11.6 Å². The van der Waals surface area contributed by atoms with Crippen LogP contribution in [-0.2, 0) is 5.75 Å². The SMILES string of the molecule is C=CCN(CC=C)c1cc(Cl)nc(SCc2ccc(C(=O)NCCCC)cc2)n1. The number of thioether (sulfide) groups is 1. The Morgan fingerprint density at radius 1 is 1.21 bits per heavy atom. The number of anilines is 1. The summed E-state index contributed by atoms with van der Waals surface area (Å²) in [6.07, 6.45) is 5.67. The molecule has 0 saturated carbocycles. The minimum atomic E-state index is -0.0370. The zero-order valence-corrected chi connectivity index (χ0v) is 18.3. The van der Waals surface area contributed by atoms with E-state index in [9.17, 15) is 4.79 Å². The lowest BCUT2D eigenvalue weighted by atomic mass is 10.1. The van der Waals surface area contributed by atoms with E-state index in [0.29, 0.717) is 41.3 Å². The summed E-state index contributed by atoms with van der Waals surface area (Å²) in [5, 5.41) is 3.92. The van der Waals surface area contributed by atoms with Crippen molar-refractivity contribution >= 4 is 35.1 Å². The molecule has 2 aromatic rings. The van der Waals surface area contributed by atoms with Gasteiger partial charge in [0.25, 0.3) is 5.91 Å². The van der Waals surface area contributed by atoms with Crippen LogP contribution in [0.2, 0.25) is 5.15 Å². The van der Waals surface area contributed by atoms with Gasteiger partial charge in [0.2, 0.25) is 0 Å². The number of nitrogens with one attached hydrogen (secondary N) is 1. The van der Waals surface area contributed by atoms with Crippen LogP contribution in [0.15, 0.2) is 60.8 Å². The molecule has 0 fully saturated rings. The summed E-state index contributed by atoms with van der Waals surface area (Å²) in [7, 11) is 0. The standard InChI is InChI=1S/C22H27ClN4OS/c1-4-7-12-24-21(28)18-10-8-17(9-11-18)16-29-22-25-19(23)15-20(26-22)27(13-5-2)14-6-3/h5-6,8-11,15H,2-4,7,12-14,16H2,1H3,(H,24,28). The summed E-state index contributed by atoms with van der Waals surface area (Å²) in [5.41, 5.74) is 1.75. The van der Waals surface area contributed by atoms with E-state index < -0.39 is 0 Å². The molecule has 0 bridgehead atoms. The van der Waals surface area contributed by atoms with Gasteiger partial charge in [0.05, 0.1) is 0 Å². The first-order valence-corrected chi connectivity index (χ1v) is 10.9. The number of carbonyl (C=O) groups is 1. The maximum Gasteiger partial charge on any atom is 0.251 e. The van der Waals surface area contributed by atoms with Crippen molar-refractivity contribution in [3.8, 4) is 0 Å². The second-order valence-electron chi connectivity index (χ2n) is 6.41. The minimum absolute atomic E-state index is 0.0370. The largest absolute Gasteiger partial charge is 0.352 e. The van der Waals surface area contributed by atoms with Gasteiger partial charge in [-0.25, -0.2) is 9.97 Å². The van der Waals surface area contributed by atoms with E-state index in [0.717, 1.165) is 24.2 Å². The maximum atomic E-state index is 12.1. The molecule has 1 amide bonds. The van der Waals surface area contributed by atoms with Crippen molar-refractivity contribution in [2.24, 2.45) is 0 Å². The predicted molar refractivity (Wildman–Crippen MR) is 123 cm³/mol. The second-order valence-corrected chi connectivity index (χ2v) is 7.74. The Hall–Kier alpha value is -2.31. The van der Waals surface area contributed by atoms with Crippen LogP contribution in [0.4, 0.5) is 5.82 Å². The Morgan fingerprint density at radius 2 is 1.90 bits per heavy atom. The number of hydrogen-bond acceptors (Lipinski definition) is 5. The van der Waals surface area contributed by atoms with E-state index >= 15 is 0 Å². The topological polar surface area (TPSA) is 58.1 Å². The third-order valence-electron chi connectivity index (χ3n) is 4.08. The third-order valence-corrected chi connectivity index (χ3v) is 5.20. The van der Waals surface area contributed by atoms with Crippen molar-refractivity contribution in [2.75, 3.05) is 24.5 Å². The van der Waals surface area contributed by atoms with E-state index in [1.165, 1.54) is 11.8 Å². The van der Waals surface area contributed by atoms with Crippen molar-refractivity contribution in [1.29, 1.82) is 0 Å². The van der Waals surface area contributed by atoms with Crippen molar-refractivity contribution in [3.63, 3.8) is 0 Å². The lowest BCUT2D eigenvalue weighted by molar-refractivity contribution is 0.0953. The van der Waals surface area contributed by atoms with E-state index in [-0.39, 0.29) is 5.91 Å². The minimum Gasteiger partial charge on any atom is -0.352 e. The molecule has 0 unspecified atom stereocenters. The molecule has 2 rings (SSSR count). The molecule has 0 radical (unpaired) electrons. The van der Waals surface area contributed by atoms with Gasteiger partial charge in [0.15, 0.2) is 5.16 Å². The smallest absolute Gasteiger partial charge is 0.251 e. The number of unbranched alkanes of at least 4 members (excludes halogenated alkanes) is 1. The highest BCUT2D eigenvalue weighted by Crippen LogP contribution is 2.25. The Kier molecular flexibility index (Phi) is 9.74. The predicted octanol–water partition coefficient (Wildman–Crippen LogP) is 5.13. The molecule has 1 aromatic heterocycles. The molecule has 0 saturated heterocycles. The fraction of sp³-hybridized carbons (Fsp3) is 0.318. The summed E-state index contributed by atoms with van der Waals surface area (Å²) in [5.74, 6) is 1.39. The van der Waals surface area contributed by atoms with E-state index in [2.05, 4.69) is 35.4 Å². The monoisotopic (exact) mass is 430 g/mol. The van der Waals surface area contributed by atoms with Gasteiger partial charge in [-0.05, 0) is 24.1 Å². The molecule has 0 atom stereocenters. The number of benzene rings is 1. The van der Waals surface area contributed by atoms with Crippen LogP contribution in [-0.4, -0.2) is 35.5 Å². The molecular formula is C22H27ClN4OS. The molecule has 0 aliphatic rings. The first-order valence-electron chi connectivity index (χ1n) is 9.58. The van der Waals surface area contributed by atoms with Crippen molar-refractivity contribution in [2.45, 2.75) is 30.7 Å². The molecular weight excluding hydrogens is 404 g/mol. The Bertz CT molecular complexity index is 816. The lowest BCUT2D eigenvalue weighted by Crippen LogP contribution is -2.24. The van der Waals surface area contributed by atoms with Crippen LogP contribution >= 0.6 is 23.4 Å². The van der Waals surface area contributed by atoms with Crippen LogP contribution < -0.4 is 10.2 Å². The van der Waals surface area contributed by atoms with Crippen LogP contribution in [0.5, 0.6) is 0 Å². The number of carbonyl (C=O) groups excluding carboxylic acids is 1. The maximum absolute atomic E-state index is 12.1. The average molecular weight is 431 g/mol. The molecule has 0 spiro atoms. The van der Waals surface area contributed by atoms with Crippen molar-refractivity contribution < 1.29 is 4.79 Å². The highest BCUT2D eigenvalue weighted by Gasteiger charge is 2.10. The van der Waals surface area contributed by atoms with Crippen LogP contribution in [0.1, 0.15) is 35.7 Å². The van der Waals surface area contributed by atoms with Gasteiger partial charge in [0.1, 0.15) is 11.0 Å². The molecule has 1 N–H and O–H groups in total. The van der Waals surface area contributed by atoms with Crippen molar-refractivity contribution in [1.82, 2.24) is 15.3 Å². The van der Waals surface area contributed by atoms with Crippen LogP contribution in [0, 0.1) is 0 Å². The van der Waals surface area contributed by atoms with Gasteiger partial charge in [-0.1, -0.05) is 61.0 Å². The number of nitrogens with zero attached hydrogens (tertiary/aromatic N) is 3. The number of halogens is 1. The van der Waals surface area contributed by atoms with E-state index in [1.807, 2.05) is 41.3 Å². The summed E-state index contributed by atoms with van der Waals surface area (Å²) >= 11 is 7.70. The van der Waals surface area contributed by atoms with Crippen LogP contribution in [0.25, 0.3) is 0 Å². The van der Waals surface area contributed by atoms with Gasteiger partial charge >= 0.3 is 0 Å². The van der Waals surface area contributed by atoms with Crippen LogP contribution in [0.3, 0.4) is 0 Å². The summed E-state index contributed by atoms with van der Waals surface area (Å²) in [6, 6.07) is 9.34. The average Bonchev–Trinajstić information content (AvgIpc) is 2.72. The first-order chi connectivity index (χ1) is 14.1. The number of aromatic nitrogens is 2. The molecule has 29 heavy (non-hydrogen) atoms. The zero-order chi connectivity index (χ0) is 21.1. The van der Waals surface area contributed by atoms with Gasteiger partial charge in [-0.3, -0.25) is 4.79 Å². The number of amides is 1. The Labute approximate surface area is 182 Å². The normalized spacial score (nSPS) is 10.4. The summed E-state index contributed by atoms with van der Waals surface area (Å²) < 4.78 is 0. The van der Waals surface area contributed by atoms with Crippen molar-refractivity contribution in [3.05, 3.63) is 71.9 Å². The molecule has 0 aliphatic carbocycles.